The minimum Gasteiger partial charge on any atom is -0.383 e. The van der Waals surface area contributed by atoms with Gasteiger partial charge in [-0.15, -0.1) is 0 Å². The summed E-state index contributed by atoms with van der Waals surface area (Å²) in [6.07, 6.45) is 0.861. The maximum absolute atomic E-state index is 12.6. The molecule has 132 valence electrons. The second kappa shape index (κ2) is 7.25. The van der Waals surface area contributed by atoms with Crippen LogP contribution in [0.2, 0.25) is 0 Å². The summed E-state index contributed by atoms with van der Waals surface area (Å²) in [4.78, 5) is 4.46. The Balaban J connectivity index is 2.13. The van der Waals surface area contributed by atoms with Crippen molar-refractivity contribution in [2.75, 3.05) is 25.6 Å². The molecule has 1 aliphatic heterocycles. The van der Waals surface area contributed by atoms with Gasteiger partial charge in [-0.05, 0) is 23.6 Å². The zero-order valence-electron chi connectivity index (χ0n) is 14.2. The molecule has 0 unspecified atom stereocenters. The van der Waals surface area contributed by atoms with Crippen LogP contribution in [0.25, 0.3) is 11.1 Å². The number of ether oxygens (including phenoxy) is 1. The zero-order valence-corrected chi connectivity index (χ0v) is 15.1. The molecule has 1 aliphatic rings. The van der Waals surface area contributed by atoms with Gasteiger partial charge in [0.15, 0.2) is 0 Å². The Kier molecular flexibility index (Phi) is 5.06. The van der Waals surface area contributed by atoms with Crippen molar-refractivity contribution < 1.29 is 13.2 Å². The number of fused-ring (bicyclic) bond motifs is 1. The van der Waals surface area contributed by atoms with E-state index >= 15 is 0 Å². The van der Waals surface area contributed by atoms with Crippen LogP contribution < -0.4 is 10.0 Å². The molecule has 0 saturated heterocycles. The van der Waals surface area contributed by atoms with Crippen LogP contribution in [0.3, 0.4) is 0 Å². The molecule has 0 bridgehead atoms. The summed E-state index contributed by atoms with van der Waals surface area (Å²) >= 11 is 0. The average Bonchev–Trinajstić information content (AvgIpc) is 2.61. The van der Waals surface area contributed by atoms with Gasteiger partial charge in [0.1, 0.15) is 4.90 Å². The van der Waals surface area contributed by atoms with Gasteiger partial charge in [0.2, 0.25) is 5.96 Å². The third-order valence-corrected chi connectivity index (χ3v) is 5.43. The summed E-state index contributed by atoms with van der Waals surface area (Å²) in [6, 6.07) is 13.3. The standard InChI is InChI=1S/C18H21N3O3S/c1-3-13-7-4-5-8-14(13)15-9-6-10-16-17(15)20-18(19-11-12-24-2)21-25(16,22)23/h4-10H,3,11-12H2,1-2H3,(H2,19,20,21). The first-order chi connectivity index (χ1) is 12.1. The maximum atomic E-state index is 12.6. The molecule has 0 saturated carbocycles. The van der Waals surface area contributed by atoms with E-state index in [0.29, 0.717) is 18.8 Å². The normalized spacial score (nSPS) is 16.8. The van der Waals surface area contributed by atoms with Crippen molar-refractivity contribution in [3.05, 3.63) is 48.0 Å². The van der Waals surface area contributed by atoms with Crippen molar-refractivity contribution in [1.82, 2.24) is 4.72 Å². The first-order valence-corrected chi connectivity index (χ1v) is 9.59. The number of methoxy groups -OCH3 is 1. The Hall–Kier alpha value is -2.38. The first-order valence-electron chi connectivity index (χ1n) is 8.11. The molecule has 0 aliphatic carbocycles. The van der Waals surface area contributed by atoms with E-state index < -0.39 is 10.0 Å². The number of rotatable bonds is 5. The molecule has 7 heteroatoms. The highest BCUT2D eigenvalue weighted by atomic mass is 32.2. The van der Waals surface area contributed by atoms with Gasteiger partial charge in [-0.1, -0.05) is 43.3 Å². The average molecular weight is 359 g/mol. The summed E-state index contributed by atoms with van der Waals surface area (Å²) in [5.41, 5.74) is 3.58. The highest BCUT2D eigenvalue weighted by molar-refractivity contribution is 7.90. The van der Waals surface area contributed by atoms with Gasteiger partial charge < -0.3 is 10.1 Å². The molecule has 6 nitrogen and oxygen atoms in total. The van der Waals surface area contributed by atoms with E-state index in [-0.39, 0.29) is 10.9 Å². The summed E-state index contributed by atoms with van der Waals surface area (Å²) in [5, 5.41) is 3.13. The zero-order chi connectivity index (χ0) is 17.9. The van der Waals surface area contributed by atoms with Gasteiger partial charge >= 0.3 is 0 Å². The van der Waals surface area contributed by atoms with Crippen LogP contribution >= 0.6 is 0 Å². The second-order valence-corrected chi connectivity index (χ2v) is 7.29. The molecule has 25 heavy (non-hydrogen) atoms. The van der Waals surface area contributed by atoms with Crippen molar-refractivity contribution in [2.45, 2.75) is 18.2 Å². The van der Waals surface area contributed by atoms with Crippen LogP contribution in [0, 0.1) is 0 Å². The number of benzene rings is 2. The quantitative estimate of drug-likeness (QED) is 0.804. The van der Waals surface area contributed by atoms with E-state index in [4.69, 9.17) is 4.74 Å². The lowest BCUT2D eigenvalue weighted by Gasteiger charge is -2.24. The minimum atomic E-state index is -3.66. The van der Waals surface area contributed by atoms with Crippen LogP contribution in [0.4, 0.5) is 5.69 Å². The fourth-order valence-electron chi connectivity index (χ4n) is 2.85. The van der Waals surface area contributed by atoms with E-state index in [1.54, 1.807) is 19.2 Å². The smallest absolute Gasteiger partial charge is 0.266 e. The van der Waals surface area contributed by atoms with E-state index in [0.717, 1.165) is 23.1 Å². The Labute approximate surface area is 148 Å². The topological polar surface area (TPSA) is 79.8 Å². The molecule has 0 atom stereocenters. The number of sulfonamides is 1. The summed E-state index contributed by atoms with van der Waals surface area (Å²) in [7, 11) is -2.09. The molecule has 0 radical (unpaired) electrons. The van der Waals surface area contributed by atoms with E-state index in [9.17, 15) is 8.42 Å². The number of aryl methyl sites for hydroxylation is 1. The molecule has 2 aromatic carbocycles. The van der Waals surface area contributed by atoms with Gasteiger partial charge in [0.05, 0.1) is 18.8 Å². The van der Waals surface area contributed by atoms with Crippen LogP contribution in [-0.4, -0.2) is 34.6 Å². The fourth-order valence-corrected chi connectivity index (χ4v) is 4.01. The molecule has 0 spiro atoms. The third kappa shape index (κ3) is 3.52. The maximum Gasteiger partial charge on any atom is 0.266 e. The van der Waals surface area contributed by atoms with Gasteiger partial charge in [0, 0.05) is 12.7 Å². The van der Waals surface area contributed by atoms with Crippen LogP contribution in [-0.2, 0) is 21.2 Å². The summed E-state index contributed by atoms with van der Waals surface area (Å²) < 4.78 is 32.6. The van der Waals surface area contributed by atoms with Gasteiger partial charge in [-0.25, -0.2) is 18.1 Å². The predicted molar refractivity (Wildman–Crippen MR) is 99.4 cm³/mol. The lowest BCUT2D eigenvalue weighted by molar-refractivity contribution is 0.208. The molecule has 0 aromatic heterocycles. The lowest BCUT2D eigenvalue weighted by atomic mass is 9.97. The number of aliphatic imine (C=N–C) groups is 1. The minimum absolute atomic E-state index is 0.214. The van der Waals surface area contributed by atoms with E-state index in [2.05, 4.69) is 28.0 Å². The van der Waals surface area contributed by atoms with Crippen molar-refractivity contribution in [3.8, 4) is 11.1 Å². The molecule has 3 rings (SSSR count). The van der Waals surface area contributed by atoms with E-state index in [1.165, 1.54) is 0 Å². The number of nitrogens with zero attached hydrogens (tertiary/aromatic N) is 1. The van der Waals surface area contributed by atoms with Gasteiger partial charge in [-0.2, -0.15) is 0 Å². The Morgan fingerprint density at radius 3 is 2.60 bits per heavy atom. The summed E-state index contributed by atoms with van der Waals surface area (Å²) in [6.45, 7) is 2.86. The summed E-state index contributed by atoms with van der Waals surface area (Å²) in [5.74, 6) is 0.214. The van der Waals surface area contributed by atoms with Crippen LogP contribution in [0.1, 0.15) is 12.5 Å². The molecular weight excluding hydrogens is 338 g/mol. The first kappa shape index (κ1) is 17.4. The van der Waals surface area contributed by atoms with Crippen molar-refractivity contribution in [3.63, 3.8) is 0 Å². The van der Waals surface area contributed by atoms with Crippen molar-refractivity contribution >= 4 is 21.7 Å². The van der Waals surface area contributed by atoms with Crippen LogP contribution in [0.5, 0.6) is 0 Å². The molecule has 2 N–H and O–H groups in total. The Morgan fingerprint density at radius 2 is 1.84 bits per heavy atom. The Morgan fingerprint density at radius 1 is 1.08 bits per heavy atom. The van der Waals surface area contributed by atoms with Crippen LogP contribution in [0.15, 0.2) is 52.4 Å². The number of nitrogens with one attached hydrogen (secondary N) is 2. The molecule has 1 heterocycles. The number of hydrogen-bond acceptors (Lipinski definition) is 4. The largest absolute Gasteiger partial charge is 0.383 e. The SMILES string of the molecule is CCc1ccccc1-c1cccc2c1NC(=NCCOC)NS2(=O)=O. The second-order valence-electron chi connectivity index (χ2n) is 5.64. The monoisotopic (exact) mass is 359 g/mol. The predicted octanol–water partition coefficient (Wildman–Crippen LogP) is 2.62. The number of anilines is 1. The molecule has 0 fully saturated rings. The fraction of sp³-hybridized carbons (Fsp3) is 0.278. The van der Waals surface area contributed by atoms with Gasteiger partial charge in [-0.3, -0.25) is 0 Å². The third-order valence-electron chi connectivity index (χ3n) is 4.04. The van der Waals surface area contributed by atoms with Crippen molar-refractivity contribution in [2.24, 2.45) is 4.99 Å². The number of guanidine groups is 1. The highest BCUT2D eigenvalue weighted by Crippen LogP contribution is 2.37. The molecule has 0 amide bonds. The lowest BCUT2D eigenvalue weighted by Crippen LogP contribution is -2.41. The molecule has 2 aromatic rings. The van der Waals surface area contributed by atoms with E-state index in [1.807, 2.05) is 24.3 Å². The number of hydrogen-bond donors (Lipinski definition) is 2. The van der Waals surface area contributed by atoms with Gasteiger partial charge in [0.25, 0.3) is 10.0 Å². The molecular formula is C18H21N3O3S. The van der Waals surface area contributed by atoms with Crippen molar-refractivity contribution in [1.29, 1.82) is 0 Å². The Bertz CT molecular complexity index is 908. The highest BCUT2D eigenvalue weighted by Gasteiger charge is 2.28. The number of para-hydroxylation sites is 1.